The number of nitrogens with one attached hydrogen (secondary N) is 2. The zero-order valence-corrected chi connectivity index (χ0v) is 14.7. The van der Waals surface area contributed by atoms with E-state index >= 15 is 0 Å². The zero-order chi connectivity index (χ0) is 18.4. The Morgan fingerprint density at radius 3 is 2.58 bits per heavy atom. The number of anilines is 3. The minimum Gasteiger partial charge on any atom is -0.495 e. The lowest BCUT2D eigenvalue weighted by molar-refractivity contribution is 0.102. The van der Waals surface area contributed by atoms with E-state index in [0.717, 1.165) is 12.1 Å². The van der Waals surface area contributed by atoms with E-state index in [1.165, 1.54) is 5.56 Å². The average molecular weight is 348 g/mol. The van der Waals surface area contributed by atoms with Gasteiger partial charge in [0.1, 0.15) is 11.4 Å². The van der Waals surface area contributed by atoms with Gasteiger partial charge in [-0.3, -0.25) is 4.79 Å². The molecule has 6 heteroatoms. The molecule has 1 heterocycles. The highest BCUT2D eigenvalue weighted by atomic mass is 16.5. The van der Waals surface area contributed by atoms with Crippen LogP contribution in [0.25, 0.3) is 0 Å². The van der Waals surface area contributed by atoms with Crippen molar-refractivity contribution in [2.75, 3.05) is 17.7 Å². The number of hydrogen-bond acceptors (Lipinski definition) is 5. The van der Waals surface area contributed by atoms with Gasteiger partial charge < -0.3 is 15.4 Å². The van der Waals surface area contributed by atoms with E-state index < -0.39 is 0 Å². The summed E-state index contributed by atoms with van der Waals surface area (Å²) in [4.78, 5) is 20.9. The maximum absolute atomic E-state index is 12.5. The normalized spacial score (nSPS) is 10.2. The van der Waals surface area contributed by atoms with Crippen molar-refractivity contribution in [3.63, 3.8) is 0 Å². The molecule has 2 aromatic carbocycles. The molecule has 0 aliphatic carbocycles. The Balaban J connectivity index is 1.74. The average Bonchev–Trinajstić information content (AvgIpc) is 2.69. The summed E-state index contributed by atoms with van der Waals surface area (Å²) in [5.41, 5.74) is 2.97. The molecule has 1 amide bonds. The molecular formula is C20H20N4O2. The standard InChI is InChI=1S/C20H20N4O2/c1-3-14-8-10-15(11-9-14)22-20-21-13-12-17(24-20)19(25)23-16-6-4-5-7-18(16)26-2/h4-13H,3H2,1-2H3,(H,23,25)(H,21,22,24). The molecule has 132 valence electrons. The molecule has 3 aromatic rings. The molecular weight excluding hydrogens is 328 g/mol. The number of methoxy groups -OCH3 is 1. The summed E-state index contributed by atoms with van der Waals surface area (Å²) in [6.07, 6.45) is 2.53. The minimum absolute atomic E-state index is 0.263. The van der Waals surface area contributed by atoms with Crippen LogP contribution in [-0.2, 0) is 6.42 Å². The maximum Gasteiger partial charge on any atom is 0.274 e. The van der Waals surface area contributed by atoms with E-state index in [-0.39, 0.29) is 11.6 Å². The molecule has 0 unspecified atom stereocenters. The highest BCUT2D eigenvalue weighted by molar-refractivity contribution is 6.03. The van der Waals surface area contributed by atoms with Crippen LogP contribution in [0.2, 0.25) is 0 Å². The Morgan fingerprint density at radius 2 is 1.85 bits per heavy atom. The topological polar surface area (TPSA) is 76.1 Å². The van der Waals surface area contributed by atoms with E-state index in [1.54, 1.807) is 31.5 Å². The van der Waals surface area contributed by atoms with Crippen LogP contribution in [-0.4, -0.2) is 23.0 Å². The molecule has 0 aliphatic heterocycles. The minimum atomic E-state index is -0.332. The van der Waals surface area contributed by atoms with Crippen molar-refractivity contribution in [1.82, 2.24) is 9.97 Å². The van der Waals surface area contributed by atoms with Crippen LogP contribution >= 0.6 is 0 Å². The van der Waals surface area contributed by atoms with Crippen molar-refractivity contribution in [2.45, 2.75) is 13.3 Å². The summed E-state index contributed by atoms with van der Waals surface area (Å²) in [6, 6.07) is 16.8. The molecule has 0 saturated heterocycles. The lowest BCUT2D eigenvalue weighted by atomic mass is 10.1. The van der Waals surface area contributed by atoms with Crippen LogP contribution < -0.4 is 15.4 Å². The Bertz CT molecular complexity index is 894. The van der Waals surface area contributed by atoms with Gasteiger partial charge in [-0.25, -0.2) is 9.97 Å². The fourth-order valence-electron chi connectivity index (χ4n) is 2.43. The molecule has 1 aromatic heterocycles. The Labute approximate surface area is 152 Å². The first-order valence-electron chi connectivity index (χ1n) is 8.33. The van der Waals surface area contributed by atoms with Crippen LogP contribution in [0.5, 0.6) is 5.75 Å². The Hall–Kier alpha value is -3.41. The van der Waals surface area contributed by atoms with Gasteiger partial charge in [0.25, 0.3) is 5.91 Å². The van der Waals surface area contributed by atoms with Crippen molar-refractivity contribution < 1.29 is 9.53 Å². The van der Waals surface area contributed by atoms with E-state index in [4.69, 9.17) is 4.74 Å². The van der Waals surface area contributed by atoms with E-state index in [1.807, 2.05) is 36.4 Å². The highest BCUT2D eigenvalue weighted by Gasteiger charge is 2.12. The molecule has 0 spiro atoms. The quantitative estimate of drug-likeness (QED) is 0.703. The maximum atomic E-state index is 12.5. The van der Waals surface area contributed by atoms with Gasteiger partial charge in [-0.2, -0.15) is 0 Å². The lowest BCUT2D eigenvalue weighted by Gasteiger charge is -2.10. The SMILES string of the molecule is CCc1ccc(Nc2nccc(C(=O)Nc3ccccc3OC)n2)cc1. The first-order valence-corrected chi connectivity index (χ1v) is 8.33. The fourth-order valence-corrected chi connectivity index (χ4v) is 2.43. The summed E-state index contributed by atoms with van der Waals surface area (Å²) < 4.78 is 5.24. The third-order valence-electron chi connectivity index (χ3n) is 3.86. The summed E-state index contributed by atoms with van der Waals surface area (Å²) in [5.74, 6) is 0.618. The van der Waals surface area contributed by atoms with Gasteiger partial charge in [0.15, 0.2) is 0 Å². The van der Waals surface area contributed by atoms with E-state index in [0.29, 0.717) is 17.4 Å². The zero-order valence-electron chi connectivity index (χ0n) is 14.7. The predicted octanol–water partition coefficient (Wildman–Crippen LogP) is 4.04. The van der Waals surface area contributed by atoms with Crippen molar-refractivity contribution in [3.05, 3.63) is 72.1 Å². The van der Waals surface area contributed by atoms with Crippen LogP contribution in [0.4, 0.5) is 17.3 Å². The molecule has 0 bridgehead atoms. The van der Waals surface area contributed by atoms with Gasteiger partial charge in [0.05, 0.1) is 12.8 Å². The molecule has 6 nitrogen and oxygen atoms in total. The van der Waals surface area contributed by atoms with Crippen molar-refractivity contribution in [1.29, 1.82) is 0 Å². The number of carbonyl (C=O) groups excluding carboxylic acids is 1. The van der Waals surface area contributed by atoms with Gasteiger partial charge in [-0.1, -0.05) is 31.2 Å². The molecule has 0 radical (unpaired) electrons. The van der Waals surface area contributed by atoms with Gasteiger partial charge >= 0.3 is 0 Å². The molecule has 26 heavy (non-hydrogen) atoms. The summed E-state index contributed by atoms with van der Waals surface area (Å²) in [5, 5.41) is 5.91. The van der Waals surface area contributed by atoms with E-state index in [2.05, 4.69) is 27.5 Å². The molecule has 0 saturated carbocycles. The number of benzene rings is 2. The summed E-state index contributed by atoms with van der Waals surface area (Å²) in [7, 11) is 1.56. The van der Waals surface area contributed by atoms with Crippen LogP contribution in [0.1, 0.15) is 23.0 Å². The number of carbonyl (C=O) groups is 1. The summed E-state index contributed by atoms with van der Waals surface area (Å²) in [6.45, 7) is 2.11. The number of rotatable bonds is 6. The predicted molar refractivity (Wildman–Crippen MR) is 102 cm³/mol. The third kappa shape index (κ3) is 4.16. The molecule has 0 fully saturated rings. The van der Waals surface area contributed by atoms with Gasteiger partial charge in [-0.05, 0) is 42.3 Å². The van der Waals surface area contributed by atoms with Crippen molar-refractivity contribution in [2.24, 2.45) is 0 Å². The second-order valence-corrected chi connectivity index (χ2v) is 5.60. The number of ether oxygens (including phenoxy) is 1. The number of amides is 1. The lowest BCUT2D eigenvalue weighted by Crippen LogP contribution is -2.15. The van der Waals surface area contributed by atoms with Crippen LogP contribution in [0.3, 0.4) is 0 Å². The third-order valence-corrected chi connectivity index (χ3v) is 3.86. The smallest absolute Gasteiger partial charge is 0.274 e. The molecule has 0 atom stereocenters. The summed E-state index contributed by atoms with van der Waals surface area (Å²) >= 11 is 0. The number of para-hydroxylation sites is 2. The molecule has 3 rings (SSSR count). The number of nitrogens with zero attached hydrogens (tertiary/aromatic N) is 2. The largest absolute Gasteiger partial charge is 0.495 e. The number of hydrogen-bond donors (Lipinski definition) is 2. The van der Waals surface area contributed by atoms with Gasteiger partial charge in [0, 0.05) is 11.9 Å². The first kappa shape index (κ1) is 17.4. The van der Waals surface area contributed by atoms with Gasteiger partial charge in [0.2, 0.25) is 5.95 Å². The second kappa shape index (κ2) is 8.11. The fraction of sp³-hybridized carbons (Fsp3) is 0.150. The van der Waals surface area contributed by atoms with Crippen LogP contribution in [0.15, 0.2) is 60.8 Å². The van der Waals surface area contributed by atoms with Crippen molar-refractivity contribution in [3.8, 4) is 5.75 Å². The molecule has 2 N–H and O–H groups in total. The van der Waals surface area contributed by atoms with Gasteiger partial charge in [-0.15, -0.1) is 0 Å². The van der Waals surface area contributed by atoms with E-state index in [9.17, 15) is 4.79 Å². The van der Waals surface area contributed by atoms with Crippen LogP contribution in [0, 0.1) is 0 Å². The number of aromatic nitrogens is 2. The Morgan fingerprint density at radius 1 is 1.08 bits per heavy atom. The first-order chi connectivity index (χ1) is 12.7. The molecule has 0 aliphatic rings. The monoisotopic (exact) mass is 348 g/mol. The number of aryl methyl sites for hydroxylation is 1. The van der Waals surface area contributed by atoms with Crippen molar-refractivity contribution >= 4 is 23.2 Å². The Kier molecular flexibility index (Phi) is 5.43. The highest BCUT2D eigenvalue weighted by Crippen LogP contribution is 2.23. The second-order valence-electron chi connectivity index (χ2n) is 5.60.